The van der Waals surface area contributed by atoms with Crippen molar-refractivity contribution in [2.75, 3.05) is 19.6 Å². The Kier molecular flexibility index (Phi) is 5.23. The summed E-state index contributed by atoms with van der Waals surface area (Å²) in [6.45, 7) is 9.03. The van der Waals surface area contributed by atoms with Crippen LogP contribution in [0.3, 0.4) is 0 Å². The van der Waals surface area contributed by atoms with E-state index in [-0.39, 0.29) is 23.5 Å². The van der Waals surface area contributed by atoms with Crippen molar-refractivity contribution in [3.05, 3.63) is 47.3 Å². The molecule has 0 saturated carbocycles. The normalized spacial score (nSPS) is 22.6. The van der Waals surface area contributed by atoms with Crippen molar-refractivity contribution in [1.29, 1.82) is 0 Å². The van der Waals surface area contributed by atoms with Crippen LogP contribution in [0.5, 0.6) is 0 Å². The first-order chi connectivity index (χ1) is 13.4. The van der Waals surface area contributed by atoms with Crippen LogP contribution in [-0.2, 0) is 6.42 Å². The maximum absolute atomic E-state index is 12.7. The minimum absolute atomic E-state index is 0.0231. The number of carbonyl (C=O) groups is 1. The summed E-state index contributed by atoms with van der Waals surface area (Å²) in [5.41, 5.74) is 1.22. The van der Waals surface area contributed by atoms with Crippen molar-refractivity contribution in [1.82, 2.24) is 15.5 Å². The molecule has 6 nitrogen and oxygen atoms in total. The molecule has 152 valence electrons. The molecule has 0 radical (unpaired) electrons. The predicted octanol–water partition coefficient (Wildman–Crippen LogP) is 4.33. The Hall–Kier alpha value is -2.21. The molecule has 2 aliphatic rings. The fraction of sp³-hybridized carbons (Fsp3) is 0.591. The number of hydrogen-bond donors (Lipinski definition) is 2. The molecule has 28 heavy (non-hydrogen) atoms. The molecule has 2 aromatic rings. The molecule has 0 bridgehead atoms. The summed E-state index contributed by atoms with van der Waals surface area (Å²) in [7, 11) is 0. The number of likely N-dealkylation sites (tertiary alicyclic amines) is 1. The van der Waals surface area contributed by atoms with E-state index in [1.165, 1.54) is 12.8 Å². The second kappa shape index (κ2) is 7.66. The lowest BCUT2D eigenvalue weighted by atomic mass is 9.75. The van der Waals surface area contributed by atoms with E-state index in [0.717, 1.165) is 48.8 Å². The van der Waals surface area contributed by atoms with Crippen LogP contribution < -0.4 is 10.6 Å². The summed E-state index contributed by atoms with van der Waals surface area (Å²) in [5, 5.41) is 6.25. The molecule has 1 aliphatic carbocycles. The Balaban J connectivity index is 1.41. The minimum Gasteiger partial charge on any atom is -0.468 e. The summed E-state index contributed by atoms with van der Waals surface area (Å²) < 4.78 is 11.5. The Morgan fingerprint density at radius 3 is 2.86 bits per heavy atom. The van der Waals surface area contributed by atoms with Gasteiger partial charge in [0.05, 0.1) is 18.3 Å². The molecule has 2 N–H and O–H groups in total. The first-order valence-corrected chi connectivity index (χ1v) is 10.3. The lowest BCUT2D eigenvalue weighted by molar-refractivity contribution is 0.196. The highest BCUT2D eigenvalue weighted by Gasteiger charge is 2.36. The Morgan fingerprint density at radius 1 is 1.36 bits per heavy atom. The largest absolute Gasteiger partial charge is 0.468 e. The average Bonchev–Trinajstić information content (AvgIpc) is 3.35. The first-order valence-electron chi connectivity index (χ1n) is 10.3. The quantitative estimate of drug-likeness (QED) is 0.804. The van der Waals surface area contributed by atoms with Crippen molar-refractivity contribution in [2.45, 2.75) is 58.5 Å². The number of amides is 2. The molecule has 3 heterocycles. The number of urea groups is 1. The minimum atomic E-state index is -0.136. The zero-order chi connectivity index (χ0) is 19.7. The standard InChI is InChI=1S/C22H31N3O3/c1-15-11-16-17(12-22(2,3)13-20(16)28-15)24-21(26)23-14-18(19-7-6-10-27-19)25-8-4-5-9-25/h6-7,10-11,17-18H,4-5,8-9,12-14H2,1-3H3,(H2,23,24,26). The van der Waals surface area contributed by atoms with E-state index in [2.05, 4.69) is 35.4 Å². The highest BCUT2D eigenvalue weighted by atomic mass is 16.3. The van der Waals surface area contributed by atoms with Gasteiger partial charge in [0.1, 0.15) is 17.3 Å². The lowest BCUT2D eigenvalue weighted by Crippen LogP contribution is -2.44. The second-order valence-electron chi connectivity index (χ2n) is 8.96. The Morgan fingerprint density at radius 2 is 2.14 bits per heavy atom. The van der Waals surface area contributed by atoms with E-state index in [1.54, 1.807) is 6.26 Å². The maximum Gasteiger partial charge on any atom is 0.315 e. The van der Waals surface area contributed by atoms with Crippen LogP contribution in [0.1, 0.15) is 68.0 Å². The van der Waals surface area contributed by atoms with Crippen LogP contribution in [-0.4, -0.2) is 30.6 Å². The fourth-order valence-corrected chi connectivity index (χ4v) is 4.66. The molecular formula is C22H31N3O3. The topological polar surface area (TPSA) is 70.6 Å². The van der Waals surface area contributed by atoms with Crippen LogP contribution in [0.15, 0.2) is 33.3 Å². The smallest absolute Gasteiger partial charge is 0.315 e. The van der Waals surface area contributed by atoms with Gasteiger partial charge in [-0.25, -0.2) is 4.79 Å². The number of furan rings is 2. The summed E-state index contributed by atoms with van der Waals surface area (Å²) in [5.74, 6) is 2.82. The highest BCUT2D eigenvalue weighted by molar-refractivity contribution is 5.74. The van der Waals surface area contributed by atoms with E-state index >= 15 is 0 Å². The van der Waals surface area contributed by atoms with Gasteiger partial charge in [-0.2, -0.15) is 0 Å². The predicted molar refractivity (Wildman–Crippen MR) is 107 cm³/mol. The van der Waals surface area contributed by atoms with E-state index in [9.17, 15) is 4.79 Å². The zero-order valence-corrected chi connectivity index (χ0v) is 17.1. The summed E-state index contributed by atoms with van der Waals surface area (Å²) in [6, 6.07) is 5.88. The number of nitrogens with zero attached hydrogens (tertiary/aromatic N) is 1. The van der Waals surface area contributed by atoms with Crippen LogP contribution in [0, 0.1) is 12.3 Å². The number of aryl methyl sites for hydroxylation is 1. The van der Waals surface area contributed by atoms with Gasteiger partial charge < -0.3 is 19.5 Å². The fourth-order valence-electron chi connectivity index (χ4n) is 4.66. The van der Waals surface area contributed by atoms with Crippen LogP contribution in [0.2, 0.25) is 0 Å². The SMILES string of the molecule is Cc1cc2c(o1)CC(C)(C)CC2NC(=O)NCC(c1ccco1)N1CCCC1. The third-order valence-electron chi connectivity index (χ3n) is 5.95. The maximum atomic E-state index is 12.7. The third kappa shape index (κ3) is 4.12. The number of rotatable bonds is 5. The third-order valence-corrected chi connectivity index (χ3v) is 5.95. The van der Waals surface area contributed by atoms with Crippen molar-refractivity contribution >= 4 is 6.03 Å². The van der Waals surface area contributed by atoms with E-state index in [1.807, 2.05) is 19.1 Å². The van der Waals surface area contributed by atoms with Gasteiger partial charge in [0.25, 0.3) is 0 Å². The van der Waals surface area contributed by atoms with E-state index < -0.39 is 0 Å². The van der Waals surface area contributed by atoms with Crippen LogP contribution in [0.4, 0.5) is 4.79 Å². The van der Waals surface area contributed by atoms with Gasteiger partial charge in [0.15, 0.2) is 0 Å². The lowest BCUT2D eigenvalue weighted by Gasteiger charge is -2.35. The molecule has 0 spiro atoms. The highest BCUT2D eigenvalue weighted by Crippen LogP contribution is 2.42. The van der Waals surface area contributed by atoms with E-state index in [0.29, 0.717) is 6.54 Å². The van der Waals surface area contributed by atoms with Crippen molar-refractivity contribution in [3.8, 4) is 0 Å². The molecule has 2 amide bonds. The number of hydrogen-bond acceptors (Lipinski definition) is 4. The summed E-state index contributed by atoms with van der Waals surface area (Å²) in [6.07, 6.45) is 5.91. The summed E-state index contributed by atoms with van der Waals surface area (Å²) >= 11 is 0. The second-order valence-corrected chi connectivity index (χ2v) is 8.96. The number of nitrogens with one attached hydrogen (secondary N) is 2. The van der Waals surface area contributed by atoms with Gasteiger partial charge in [-0.3, -0.25) is 4.90 Å². The zero-order valence-electron chi connectivity index (χ0n) is 17.1. The summed E-state index contributed by atoms with van der Waals surface area (Å²) in [4.78, 5) is 15.1. The van der Waals surface area contributed by atoms with Crippen molar-refractivity contribution < 1.29 is 13.6 Å². The Labute approximate surface area is 166 Å². The molecule has 2 aromatic heterocycles. The molecular weight excluding hydrogens is 354 g/mol. The molecule has 2 unspecified atom stereocenters. The van der Waals surface area contributed by atoms with Crippen molar-refractivity contribution in [3.63, 3.8) is 0 Å². The number of carbonyl (C=O) groups excluding carboxylic acids is 1. The average molecular weight is 386 g/mol. The Bertz CT molecular complexity index is 803. The molecule has 0 aromatic carbocycles. The van der Waals surface area contributed by atoms with E-state index in [4.69, 9.17) is 8.83 Å². The van der Waals surface area contributed by atoms with Gasteiger partial charge in [0, 0.05) is 18.5 Å². The van der Waals surface area contributed by atoms with Crippen molar-refractivity contribution in [2.24, 2.45) is 5.41 Å². The van der Waals surface area contributed by atoms with Gasteiger partial charge in [-0.15, -0.1) is 0 Å². The number of fused-ring (bicyclic) bond motifs is 1. The monoisotopic (exact) mass is 385 g/mol. The molecule has 2 atom stereocenters. The molecule has 1 saturated heterocycles. The first kappa shape index (κ1) is 19.1. The van der Waals surface area contributed by atoms with Crippen LogP contribution in [0.25, 0.3) is 0 Å². The van der Waals surface area contributed by atoms with Gasteiger partial charge in [-0.1, -0.05) is 13.8 Å². The van der Waals surface area contributed by atoms with Gasteiger partial charge in [-0.05, 0) is 62.9 Å². The van der Waals surface area contributed by atoms with Gasteiger partial charge >= 0.3 is 6.03 Å². The van der Waals surface area contributed by atoms with Crippen LogP contribution >= 0.6 is 0 Å². The van der Waals surface area contributed by atoms with Gasteiger partial charge in [0.2, 0.25) is 0 Å². The molecule has 4 rings (SSSR count). The molecule has 6 heteroatoms. The molecule has 1 fully saturated rings. The molecule has 1 aliphatic heterocycles.